The van der Waals surface area contributed by atoms with Crippen molar-refractivity contribution in [3.05, 3.63) is 35.4 Å². The largest absolute Gasteiger partial charge is 0.500 e. The molecule has 23 heavy (non-hydrogen) atoms. The van der Waals surface area contributed by atoms with E-state index in [2.05, 4.69) is 0 Å². The number of aryl methyl sites for hydroxylation is 1. The summed E-state index contributed by atoms with van der Waals surface area (Å²) in [5, 5.41) is 8.84. The third kappa shape index (κ3) is 7.02. The molecule has 0 unspecified atom stereocenters. The normalized spacial score (nSPS) is 11.6. The Morgan fingerprint density at radius 1 is 1.13 bits per heavy atom. The van der Waals surface area contributed by atoms with Crippen LogP contribution in [-0.2, 0) is 23.9 Å². The van der Waals surface area contributed by atoms with Gasteiger partial charge < -0.3 is 22.6 Å². The Hall–Kier alpha value is -0.903. The topological polar surface area (TPSA) is 74.2 Å². The first-order valence-electron chi connectivity index (χ1n) is 7.29. The van der Waals surface area contributed by atoms with Gasteiger partial charge in [0.15, 0.2) is 0 Å². The maximum Gasteiger partial charge on any atom is 0.500 e. The van der Waals surface area contributed by atoms with Crippen molar-refractivity contribution < 1.29 is 27.4 Å². The van der Waals surface area contributed by atoms with Crippen molar-refractivity contribution in [2.24, 2.45) is 0 Å². The van der Waals surface area contributed by atoms with Crippen molar-refractivity contribution in [3.63, 3.8) is 0 Å². The van der Waals surface area contributed by atoms with E-state index in [1.165, 1.54) is 12.0 Å². The van der Waals surface area contributed by atoms with Gasteiger partial charge in [-0.15, -0.1) is 0 Å². The van der Waals surface area contributed by atoms with Gasteiger partial charge in [0.05, 0.1) is 12.2 Å². The lowest BCUT2D eigenvalue weighted by Crippen LogP contribution is -2.42. The molecule has 1 N–H and O–H groups in total. The summed E-state index contributed by atoms with van der Waals surface area (Å²) in [4.78, 5) is 10.8. The first kappa shape index (κ1) is 20.1. The van der Waals surface area contributed by atoms with Crippen LogP contribution in [0.25, 0.3) is 0 Å². The third-order valence-electron chi connectivity index (χ3n) is 3.40. The Morgan fingerprint density at radius 3 is 2.26 bits per heavy atom. The minimum Gasteiger partial charge on any atom is -0.478 e. The zero-order chi connectivity index (χ0) is 17.1. The van der Waals surface area contributed by atoms with Gasteiger partial charge in [0.25, 0.3) is 0 Å². The summed E-state index contributed by atoms with van der Waals surface area (Å²) < 4.78 is 21.5. The van der Waals surface area contributed by atoms with Gasteiger partial charge in [-0.1, -0.05) is 12.1 Å². The molecule has 1 rings (SSSR count). The van der Waals surface area contributed by atoms with Crippen LogP contribution in [0.2, 0.25) is 6.04 Å². The molecule has 6 nitrogen and oxygen atoms in total. The molecule has 0 heterocycles. The van der Waals surface area contributed by atoms with Crippen LogP contribution in [0.3, 0.4) is 0 Å². The number of rotatable bonds is 12. The predicted molar refractivity (Wildman–Crippen MR) is 91.7 cm³/mol. The number of carbonyl (C=O) groups is 1. The molecule has 130 valence electrons. The van der Waals surface area contributed by atoms with E-state index in [4.69, 9.17) is 22.6 Å². The lowest BCUT2D eigenvalue weighted by Gasteiger charge is -2.23. The maximum atomic E-state index is 10.8. The highest BCUT2D eigenvalue weighted by molar-refractivity contribution is 7.94. The lowest BCUT2D eigenvalue weighted by molar-refractivity contribution is 0.0697. The van der Waals surface area contributed by atoms with Crippen LogP contribution in [0.4, 0.5) is 0 Å². The molecule has 0 radical (unpaired) electrons. The van der Waals surface area contributed by atoms with Gasteiger partial charge in [-0.2, -0.15) is 0 Å². The second kappa shape index (κ2) is 10.8. The average molecular weight is 361 g/mol. The number of carboxylic acids is 1. The Labute approximate surface area is 142 Å². The third-order valence-corrected chi connectivity index (χ3v) is 6.94. The molecule has 0 saturated heterocycles. The van der Waals surface area contributed by atoms with Gasteiger partial charge >= 0.3 is 14.8 Å². The predicted octanol–water partition coefficient (Wildman–Crippen LogP) is 2.86. The summed E-state index contributed by atoms with van der Waals surface area (Å²) in [5.74, 6) is -0.0922. The molecule has 0 atom stereocenters. The van der Waals surface area contributed by atoms with Crippen molar-refractivity contribution in [1.82, 2.24) is 0 Å². The van der Waals surface area contributed by atoms with E-state index < -0.39 is 14.8 Å². The maximum absolute atomic E-state index is 10.8. The minimum atomic E-state index is -2.49. The van der Waals surface area contributed by atoms with Crippen LogP contribution in [-0.4, -0.2) is 53.6 Å². The first-order valence-corrected chi connectivity index (χ1v) is 10.1. The van der Waals surface area contributed by atoms with E-state index >= 15 is 0 Å². The van der Waals surface area contributed by atoms with E-state index in [1.54, 1.807) is 33.5 Å². The number of hydrogen-bond donors (Lipinski definition) is 1. The van der Waals surface area contributed by atoms with Crippen molar-refractivity contribution in [2.75, 3.05) is 33.7 Å². The molecule has 0 aliphatic heterocycles. The van der Waals surface area contributed by atoms with Crippen LogP contribution in [0, 0.1) is 0 Å². The fourth-order valence-corrected chi connectivity index (χ4v) is 4.36. The van der Waals surface area contributed by atoms with Crippen molar-refractivity contribution >= 4 is 26.8 Å². The number of benzene rings is 1. The summed E-state index contributed by atoms with van der Waals surface area (Å²) >= 11 is 1.41. The molecule has 0 aliphatic carbocycles. The zero-order valence-corrected chi connectivity index (χ0v) is 15.6. The standard InChI is InChI=1S/C15H24O6SSi/c1-18-23(19-2,20-3)12-4-10-21-22-11-9-13-5-7-14(8-6-13)15(16)17/h5-8H,4,9-12H2,1-3H3,(H,16,17). The highest BCUT2D eigenvalue weighted by Gasteiger charge is 2.36. The molecule has 8 heteroatoms. The fraction of sp³-hybridized carbons (Fsp3) is 0.533. The molecule has 0 spiro atoms. The number of carboxylic acid groups (broad SMARTS) is 1. The molecule has 0 bridgehead atoms. The Balaban J connectivity index is 2.15. The molecule has 1 aromatic carbocycles. The summed E-state index contributed by atoms with van der Waals surface area (Å²) in [5.41, 5.74) is 1.40. The molecule has 0 saturated carbocycles. The molecule has 0 fully saturated rings. The first-order chi connectivity index (χ1) is 11.1. The number of hydrogen-bond acceptors (Lipinski definition) is 6. The van der Waals surface area contributed by atoms with Crippen molar-refractivity contribution in [3.8, 4) is 0 Å². The van der Waals surface area contributed by atoms with Crippen LogP contribution in [0.1, 0.15) is 22.3 Å². The van der Waals surface area contributed by atoms with Gasteiger partial charge in [-0.25, -0.2) is 4.79 Å². The molecule has 1 aromatic rings. The van der Waals surface area contributed by atoms with Gasteiger partial charge in [0.1, 0.15) is 0 Å². The van der Waals surface area contributed by atoms with Gasteiger partial charge in [-0.3, -0.25) is 0 Å². The minimum absolute atomic E-state index is 0.305. The smallest absolute Gasteiger partial charge is 0.478 e. The average Bonchev–Trinajstić information content (AvgIpc) is 2.58. The highest BCUT2D eigenvalue weighted by atomic mass is 32.2. The van der Waals surface area contributed by atoms with Gasteiger partial charge in [-0.05, 0) is 42.6 Å². The monoisotopic (exact) mass is 360 g/mol. The van der Waals surface area contributed by atoms with E-state index in [9.17, 15) is 4.79 Å². The van der Waals surface area contributed by atoms with Crippen LogP contribution in [0.15, 0.2) is 24.3 Å². The molecule has 0 aliphatic rings. The molecule has 0 aromatic heterocycles. The second-order valence-electron chi connectivity index (χ2n) is 4.79. The Morgan fingerprint density at radius 2 is 1.74 bits per heavy atom. The van der Waals surface area contributed by atoms with Crippen molar-refractivity contribution in [2.45, 2.75) is 18.9 Å². The SMILES string of the molecule is CO[Si](CCCOSCCc1ccc(C(=O)O)cc1)(OC)OC. The Bertz CT molecular complexity index is 455. The molecule has 0 amide bonds. The summed E-state index contributed by atoms with van der Waals surface area (Å²) in [6.07, 6.45) is 1.64. The second-order valence-corrected chi connectivity index (χ2v) is 8.77. The van der Waals surface area contributed by atoms with E-state index in [-0.39, 0.29) is 0 Å². The van der Waals surface area contributed by atoms with E-state index in [0.717, 1.165) is 24.2 Å². The highest BCUT2D eigenvalue weighted by Crippen LogP contribution is 2.16. The summed E-state index contributed by atoms with van der Waals surface area (Å²) in [6, 6.07) is 7.62. The van der Waals surface area contributed by atoms with E-state index in [1.807, 2.05) is 12.1 Å². The van der Waals surface area contributed by atoms with E-state index in [0.29, 0.717) is 18.2 Å². The summed E-state index contributed by atoms with van der Waals surface area (Å²) in [7, 11) is 2.31. The summed E-state index contributed by atoms with van der Waals surface area (Å²) in [6.45, 7) is 0.605. The zero-order valence-electron chi connectivity index (χ0n) is 13.7. The Kier molecular flexibility index (Phi) is 9.45. The van der Waals surface area contributed by atoms with Gasteiger partial charge in [0.2, 0.25) is 0 Å². The molecular formula is C15H24O6SSi. The van der Waals surface area contributed by atoms with Crippen LogP contribution in [0.5, 0.6) is 0 Å². The van der Waals surface area contributed by atoms with Crippen LogP contribution < -0.4 is 0 Å². The lowest BCUT2D eigenvalue weighted by atomic mass is 10.1. The quantitative estimate of drug-likeness (QED) is 0.349. The molecular weight excluding hydrogens is 336 g/mol. The van der Waals surface area contributed by atoms with Gasteiger partial charge in [0, 0.05) is 33.1 Å². The number of aromatic carboxylic acids is 1. The fourth-order valence-electron chi connectivity index (χ4n) is 2.00. The van der Waals surface area contributed by atoms with Crippen molar-refractivity contribution in [1.29, 1.82) is 0 Å². The van der Waals surface area contributed by atoms with Crippen LogP contribution >= 0.6 is 12.0 Å².